The molecule has 0 aliphatic carbocycles. The number of hydrogen-bond acceptors (Lipinski definition) is 4. The number of hydrogen-bond donors (Lipinski definition) is 1. The number of nitrogens with one attached hydrogen (secondary N) is 1. The van der Waals surface area contributed by atoms with Gasteiger partial charge in [-0.05, 0) is 28.5 Å². The van der Waals surface area contributed by atoms with E-state index in [-0.39, 0.29) is 0 Å². The SMILES string of the molecule is CC(C)c1ccc(CNc2ncnc3ccsc23)cc1. The number of anilines is 1. The fourth-order valence-electron chi connectivity index (χ4n) is 2.12. The van der Waals surface area contributed by atoms with E-state index in [1.807, 2.05) is 11.4 Å². The lowest BCUT2D eigenvalue weighted by atomic mass is 10.0. The van der Waals surface area contributed by atoms with Crippen molar-refractivity contribution in [3.8, 4) is 0 Å². The Morgan fingerprint density at radius 2 is 1.90 bits per heavy atom. The van der Waals surface area contributed by atoms with Crippen LogP contribution in [-0.4, -0.2) is 9.97 Å². The number of benzene rings is 1. The molecule has 0 aliphatic heterocycles. The molecule has 0 amide bonds. The van der Waals surface area contributed by atoms with Crippen molar-refractivity contribution in [1.29, 1.82) is 0 Å². The predicted molar refractivity (Wildman–Crippen MR) is 85.3 cm³/mol. The van der Waals surface area contributed by atoms with Crippen molar-refractivity contribution >= 4 is 27.4 Å². The Morgan fingerprint density at radius 1 is 1.10 bits per heavy atom. The van der Waals surface area contributed by atoms with Crippen LogP contribution in [0.25, 0.3) is 10.2 Å². The first kappa shape index (κ1) is 13.1. The summed E-state index contributed by atoms with van der Waals surface area (Å²) in [7, 11) is 0. The summed E-state index contributed by atoms with van der Waals surface area (Å²) in [6.45, 7) is 5.20. The van der Waals surface area contributed by atoms with Gasteiger partial charge in [0.15, 0.2) is 0 Å². The number of rotatable bonds is 4. The quantitative estimate of drug-likeness (QED) is 0.770. The largest absolute Gasteiger partial charge is 0.365 e. The first-order chi connectivity index (χ1) is 9.74. The second kappa shape index (κ2) is 5.59. The van der Waals surface area contributed by atoms with Crippen LogP contribution in [0.4, 0.5) is 5.82 Å². The molecule has 102 valence electrons. The van der Waals surface area contributed by atoms with Crippen molar-refractivity contribution in [3.05, 3.63) is 53.2 Å². The molecule has 2 aromatic heterocycles. The minimum absolute atomic E-state index is 0.574. The van der Waals surface area contributed by atoms with Crippen LogP contribution in [0.2, 0.25) is 0 Å². The van der Waals surface area contributed by atoms with E-state index >= 15 is 0 Å². The Hall–Kier alpha value is -1.94. The van der Waals surface area contributed by atoms with Gasteiger partial charge in [-0.25, -0.2) is 9.97 Å². The minimum atomic E-state index is 0.574. The molecule has 0 unspecified atom stereocenters. The van der Waals surface area contributed by atoms with Gasteiger partial charge in [0.1, 0.15) is 12.1 Å². The van der Waals surface area contributed by atoms with E-state index in [1.54, 1.807) is 17.7 Å². The zero-order valence-corrected chi connectivity index (χ0v) is 12.4. The molecule has 0 aliphatic rings. The van der Waals surface area contributed by atoms with Crippen molar-refractivity contribution < 1.29 is 0 Å². The van der Waals surface area contributed by atoms with Crippen molar-refractivity contribution in [3.63, 3.8) is 0 Å². The zero-order valence-electron chi connectivity index (χ0n) is 11.6. The predicted octanol–water partition coefficient (Wildman–Crippen LogP) is 4.43. The molecule has 0 atom stereocenters. The first-order valence-electron chi connectivity index (χ1n) is 6.75. The molecule has 20 heavy (non-hydrogen) atoms. The van der Waals surface area contributed by atoms with Crippen LogP contribution in [0.3, 0.4) is 0 Å². The van der Waals surface area contributed by atoms with E-state index in [0.29, 0.717) is 5.92 Å². The second-order valence-electron chi connectivity index (χ2n) is 5.11. The minimum Gasteiger partial charge on any atom is -0.365 e. The first-order valence-corrected chi connectivity index (χ1v) is 7.63. The Bertz CT molecular complexity index is 701. The van der Waals surface area contributed by atoms with E-state index in [2.05, 4.69) is 53.4 Å². The highest BCUT2D eigenvalue weighted by atomic mass is 32.1. The highest BCUT2D eigenvalue weighted by molar-refractivity contribution is 7.17. The van der Waals surface area contributed by atoms with Gasteiger partial charge in [0, 0.05) is 6.54 Å². The van der Waals surface area contributed by atoms with Gasteiger partial charge in [-0.15, -0.1) is 11.3 Å². The molecule has 3 nitrogen and oxygen atoms in total. The van der Waals surface area contributed by atoms with E-state index < -0.39 is 0 Å². The van der Waals surface area contributed by atoms with Gasteiger partial charge in [0.25, 0.3) is 0 Å². The third-order valence-electron chi connectivity index (χ3n) is 3.35. The van der Waals surface area contributed by atoms with Crippen LogP contribution < -0.4 is 5.32 Å². The van der Waals surface area contributed by atoms with E-state index in [0.717, 1.165) is 22.6 Å². The van der Waals surface area contributed by atoms with E-state index in [4.69, 9.17) is 0 Å². The van der Waals surface area contributed by atoms with Crippen molar-refractivity contribution in [1.82, 2.24) is 9.97 Å². The smallest absolute Gasteiger partial charge is 0.147 e. The van der Waals surface area contributed by atoms with Gasteiger partial charge >= 0.3 is 0 Å². The van der Waals surface area contributed by atoms with E-state index in [9.17, 15) is 0 Å². The summed E-state index contributed by atoms with van der Waals surface area (Å²) in [5, 5.41) is 5.44. The summed E-state index contributed by atoms with van der Waals surface area (Å²) in [5.41, 5.74) is 3.64. The third kappa shape index (κ3) is 2.65. The van der Waals surface area contributed by atoms with Crippen LogP contribution in [0, 0.1) is 0 Å². The monoisotopic (exact) mass is 283 g/mol. The Morgan fingerprint density at radius 3 is 2.65 bits per heavy atom. The number of fused-ring (bicyclic) bond motifs is 1. The molecular formula is C16H17N3S. The average molecular weight is 283 g/mol. The average Bonchev–Trinajstić information content (AvgIpc) is 2.94. The molecular weight excluding hydrogens is 266 g/mol. The fraction of sp³-hybridized carbons (Fsp3) is 0.250. The molecule has 3 aromatic rings. The molecule has 0 saturated carbocycles. The molecule has 0 radical (unpaired) electrons. The van der Waals surface area contributed by atoms with Crippen molar-refractivity contribution in [2.75, 3.05) is 5.32 Å². The maximum Gasteiger partial charge on any atom is 0.147 e. The van der Waals surface area contributed by atoms with Crippen molar-refractivity contribution in [2.45, 2.75) is 26.3 Å². The van der Waals surface area contributed by atoms with Crippen LogP contribution in [-0.2, 0) is 6.54 Å². The van der Waals surface area contributed by atoms with Crippen molar-refractivity contribution in [2.24, 2.45) is 0 Å². The van der Waals surface area contributed by atoms with Gasteiger partial charge in [-0.3, -0.25) is 0 Å². The highest BCUT2D eigenvalue weighted by Gasteiger charge is 2.04. The van der Waals surface area contributed by atoms with E-state index in [1.165, 1.54) is 11.1 Å². The Balaban J connectivity index is 1.74. The summed E-state index contributed by atoms with van der Waals surface area (Å²) >= 11 is 1.67. The topological polar surface area (TPSA) is 37.8 Å². The summed E-state index contributed by atoms with van der Waals surface area (Å²) < 4.78 is 1.12. The normalized spacial score (nSPS) is 11.2. The number of thiophene rings is 1. The van der Waals surface area contributed by atoms with Gasteiger partial charge in [-0.1, -0.05) is 38.1 Å². The molecule has 0 spiro atoms. The lowest BCUT2D eigenvalue weighted by molar-refractivity contribution is 0.865. The molecule has 1 N–H and O–H groups in total. The molecule has 0 fully saturated rings. The lowest BCUT2D eigenvalue weighted by Gasteiger charge is -2.09. The molecule has 1 aromatic carbocycles. The van der Waals surface area contributed by atoms with Gasteiger partial charge < -0.3 is 5.32 Å². The molecule has 4 heteroatoms. The second-order valence-corrected chi connectivity index (χ2v) is 6.02. The molecule has 0 bridgehead atoms. The maximum absolute atomic E-state index is 4.33. The number of nitrogens with zero attached hydrogens (tertiary/aromatic N) is 2. The summed E-state index contributed by atoms with van der Waals surface area (Å²) in [6, 6.07) is 10.8. The zero-order chi connectivity index (χ0) is 13.9. The standard InChI is InChI=1S/C16H17N3S/c1-11(2)13-5-3-12(4-6-13)9-17-16-15-14(7-8-20-15)18-10-19-16/h3-8,10-11H,9H2,1-2H3,(H,17,18,19). The summed E-state index contributed by atoms with van der Waals surface area (Å²) in [4.78, 5) is 8.58. The molecule has 2 heterocycles. The van der Waals surface area contributed by atoms with Gasteiger partial charge in [0.2, 0.25) is 0 Å². The Kier molecular flexibility index (Phi) is 3.65. The summed E-state index contributed by atoms with van der Waals surface area (Å²) in [5.74, 6) is 1.49. The van der Waals surface area contributed by atoms with Gasteiger partial charge in [0.05, 0.1) is 10.2 Å². The van der Waals surface area contributed by atoms with Crippen LogP contribution in [0.1, 0.15) is 30.9 Å². The van der Waals surface area contributed by atoms with Gasteiger partial charge in [-0.2, -0.15) is 0 Å². The van der Waals surface area contributed by atoms with Crippen LogP contribution in [0.15, 0.2) is 42.0 Å². The lowest BCUT2D eigenvalue weighted by Crippen LogP contribution is -2.02. The van der Waals surface area contributed by atoms with Crippen LogP contribution >= 0.6 is 11.3 Å². The third-order valence-corrected chi connectivity index (χ3v) is 4.26. The maximum atomic E-state index is 4.33. The highest BCUT2D eigenvalue weighted by Crippen LogP contribution is 2.25. The summed E-state index contributed by atoms with van der Waals surface area (Å²) in [6.07, 6.45) is 1.61. The van der Waals surface area contributed by atoms with Crippen LogP contribution in [0.5, 0.6) is 0 Å². The molecule has 3 rings (SSSR count). The molecule has 0 saturated heterocycles. The fourth-order valence-corrected chi connectivity index (χ4v) is 2.93. The number of aromatic nitrogens is 2. The Labute approximate surface area is 122 Å².